The topological polar surface area (TPSA) is 63.6 Å². The van der Waals surface area contributed by atoms with Crippen molar-refractivity contribution in [3.05, 3.63) is 12.2 Å². The van der Waals surface area contributed by atoms with Gasteiger partial charge in [0.05, 0.1) is 0 Å². The Morgan fingerprint density at radius 3 is 2.65 bits per heavy atom. The molecule has 1 N–H and O–H groups in total. The summed E-state index contributed by atoms with van der Waals surface area (Å²) in [6, 6.07) is 0. The average molecular weight is 278 g/mol. The highest BCUT2D eigenvalue weighted by Crippen LogP contribution is 2.62. The maximum absolute atomic E-state index is 12.3. The molecule has 110 valence electrons. The van der Waals surface area contributed by atoms with E-state index in [0.29, 0.717) is 0 Å². The molecule has 0 unspecified atom stereocenters. The molecular weight excluding hydrogens is 256 g/mol. The minimum absolute atomic E-state index is 0.0177. The van der Waals surface area contributed by atoms with Crippen molar-refractivity contribution in [2.24, 2.45) is 28.6 Å². The first kappa shape index (κ1) is 13.8. The highest BCUT2D eigenvalue weighted by Gasteiger charge is 2.66. The molecule has 0 aromatic heterocycles. The van der Waals surface area contributed by atoms with E-state index < -0.39 is 11.5 Å². The summed E-state index contributed by atoms with van der Waals surface area (Å²) in [6.07, 6.45) is 3.53. The lowest BCUT2D eigenvalue weighted by Gasteiger charge is -2.52. The zero-order chi connectivity index (χ0) is 14.9. The van der Waals surface area contributed by atoms with Gasteiger partial charge in [0.25, 0.3) is 0 Å². The normalized spacial score (nSPS) is 48.2. The highest BCUT2D eigenvalue weighted by molar-refractivity contribution is 5.90. The van der Waals surface area contributed by atoms with Crippen molar-refractivity contribution < 1.29 is 19.4 Å². The number of aliphatic hydroxyl groups excluding tert-OH is 1. The van der Waals surface area contributed by atoms with E-state index >= 15 is 0 Å². The van der Waals surface area contributed by atoms with Gasteiger partial charge in [-0.05, 0) is 12.3 Å². The van der Waals surface area contributed by atoms with E-state index in [1.807, 2.05) is 19.1 Å². The molecule has 0 aliphatic heterocycles. The van der Waals surface area contributed by atoms with E-state index in [4.69, 9.17) is 4.74 Å². The van der Waals surface area contributed by atoms with Crippen LogP contribution in [-0.2, 0) is 14.3 Å². The van der Waals surface area contributed by atoms with Crippen LogP contribution in [0.25, 0.3) is 0 Å². The monoisotopic (exact) mass is 278 g/mol. The number of carbonyl (C=O) groups is 2. The smallest absolute Gasteiger partial charge is 0.302 e. The Hall–Kier alpha value is -1.16. The molecule has 6 atom stereocenters. The number of allylic oxidation sites excluding steroid dienone is 1. The fraction of sp³-hybridized carbons (Fsp3) is 0.750. The minimum Gasteiger partial charge on any atom is -0.462 e. The van der Waals surface area contributed by atoms with Crippen LogP contribution in [0.2, 0.25) is 0 Å². The van der Waals surface area contributed by atoms with Crippen LogP contribution in [0.3, 0.4) is 0 Å². The van der Waals surface area contributed by atoms with Gasteiger partial charge in [-0.2, -0.15) is 0 Å². The summed E-state index contributed by atoms with van der Waals surface area (Å²) in [7, 11) is 0. The molecule has 4 aliphatic carbocycles. The Morgan fingerprint density at radius 2 is 2.05 bits per heavy atom. The van der Waals surface area contributed by atoms with E-state index in [2.05, 4.69) is 13.8 Å². The zero-order valence-electron chi connectivity index (χ0n) is 12.4. The summed E-state index contributed by atoms with van der Waals surface area (Å²) in [5.41, 5.74) is -0.790. The highest BCUT2D eigenvalue weighted by atomic mass is 16.5. The molecule has 4 rings (SSSR count). The van der Waals surface area contributed by atoms with Crippen LogP contribution in [-0.4, -0.2) is 29.1 Å². The standard InChI is InChI=1S/C16H22O4/c1-8(17)20-14-11-10(7-15(14,2)3)9-5-6-16(11,4)13(19)12(9)18/h5-6,9-11,13-14,19H,7H2,1-4H3/t9-,10+,11-,13-,14-,16+/m0/s1. The summed E-state index contributed by atoms with van der Waals surface area (Å²) in [6.45, 7) is 7.50. The van der Waals surface area contributed by atoms with Crippen LogP contribution in [0.4, 0.5) is 0 Å². The SMILES string of the molecule is CC(=O)O[C@H]1[C@@H]2[C@H](CC1(C)C)[C@@H]1C=C[C@@]2(C)[C@@H](O)C1=O. The van der Waals surface area contributed by atoms with Gasteiger partial charge < -0.3 is 9.84 Å². The van der Waals surface area contributed by atoms with Crippen molar-refractivity contribution in [2.75, 3.05) is 0 Å². The molecule has 2 bridgehead atoms. The Kier molecular flexibility index (Phi) is 2.72. The molecule has 4 nitrogen and oxygen atoms in total. The first-order valence-electron chi connectivity index (χ1n) is 7.27. The van der Waals surface area contributed by atoms with Crippen molar-refractivity contribution in [1.82, 2.24) is 0 Å². The van der Waals surface area contributed by atoms with Gasteiger partial charge in [0, 0.05) is 29.6 Å². The number of esters is 1. The van der Waals surface area contributed by atoms with Gasteiger partial charge in [-0.25, -0.2) is 0 Å². The number of Topliss-reactive ketones (excluding diaryl/α,β-unsaturated/α-hetero) is 1. The molecule has 0 spiro atoms. The van der Waals surface area contributed by atoms with Gasteiger partial charge in [-0.15, -0.1) is 0 Å². The first-order chi connectivity index (χ1) is 9.18. The maximum atomic E-state index is 12.3. The quantitative estimate of drug-likeness (QED) is 0.586. The van der Waals surface area contributed by atoms with Crippen molar-refractivity contribution in [3.63, 3.8) is 0 Å². The number of rotatable bonds is 1. The van der Waals surface area contributed by atoms with Crippen LogP contribution in [0, 0.1) is 28.6 Å². The van der Waals surface area contributed by atoms with Crippen LogP contribution in [0.5, 0.6) is 0 Å². The van der Waals surface area contributed by atoms with Crippen LogP contribution in [0.15, 0.2) is 12.2 Å². The molecule has 4 heteroatoms. The third kappa shape index (κ3) is 1.57. The number of ether oxygens (including phenoxy) is 1. The fourth-order valence-corrected chi connectivity index (χ4v) is 4.74. The summed E-state index contributed by atoms with van der Waals surface area (Å²) < 4.78 is 5.60. The summed E-state index contributed by atoms with van der Waals surface area (Å²) >= 11 is 0. The van der Waals surface area contributed by atoms with E-state index in [1.54, 1.807) is 0 Å². The molecule has 0 heterocycles. The number of aliphatic hydroxyl groups is 1. The molecule has 0 radical (unpaired) electrons. The van der Waals surface area contributed by atoms with Crippen molar-refractivity contribution >= 4 is 11.8 Å². The third-order valence-electron chi connectivity index (χ3n) is 5.64. The first-order valence-corrected chi connectivity index (χ1v) is 7.27. The molecule has 0 saturated heterocycles. The van der Waals surface area contributed by atoms with Crippen molar-refractivity contribution in [1.29, 1.82) is 0 Å². The molecule has 0 amide bonds. The van der Waals surface area contributed by atoms with E-state index in [1.165, 1.54) is 6.92 Å². The number of carbonyl (C=O) groups excluding carboxylic acids is 2. The van der Waals surface area contributed by atoms with Crippen LogP contribution < -0.4 is 0 Å². The Bertz CT molecular complexity index is 507. The van der Waals surface area contributed by atoms with Gasteiger partial charge in [0.1, 0.15) is 12.2 Å². The van der Waals surface area contributed by atoms with E-state index in [0.717, 1.165) is 6.42 Å². The van der Waals surface area contributed by atoms with E-state index in [-0.39, 0.29) is 41.0 Å². The van der Waals surface area contributed by atoms with Gasteiger partial charge in [0.2, 0.25) is 0 Å². The molecule has 20 heavy (non-hydrogen) atoms. The van der Waals surface area contributed by atoms with Gasteiger partial charge in [-0.3, -0.25) is 9.59 Å². The second kappa shape index (κ2) is 3.94. The average Bonchev–Trinajstić information content (AvgIpc) is 2.59. The fourth-order valence-electron chi connectivity index (χ4n) is 4.74. The lowest BCUT2D eigenvalue weighted by Crippen LogP contribution is -2.59. The van der Waals surface area contributed by atoms with Crippen molar-refractivity contribution in [2.45, 2.75) is 46.3 Å². The largest absolute Gasteiger partial charge is 0.462 e. The molecule has 0 aromatic carbocycles. The predicted molar refractivity (Wildman–Crippen MR) is 72.7 cm³/mol. The Labute approximate surface area is 119 Å². The maximum Gasteiger partial charge on any atom is 0.302 e. The Balaban J connectivity index is 2.07. The second-order valence-electron chi connectivity index (χ2n) is 7.47. The zero-order valence-corrected chi connectivity index (χ0v) is 12.4. The number of fused-ring (bicyclic) bond motifs is 1. The Morgan fingerprint density at radius 1 is 1.40 bits per heavy atom. The molecule has 2 saturated carbocycles. The summed E-state index contributed by atoms with van der Waals surface area (Å²) in [4.78, 5) is 23.7. The number of hydrogen-bond donors (Lipinski definition) is 1. The predicted octanol–water partition coefficient (Wildman–Crippen LogP) is 1.72. The van der Waals surface area contributed by atoms with Crippen LogP contribution in [0.1, 0.15) is 34.1 Å². The molecule has 4 aliphatic rings. The lowest BCUT2D eigenvalue weighted by molar-refractivity contribution is -0.168. The molecular formula is C16H22O4. The number of hydrogen-bond acceptors (Lipinski definition) is 4. The van der Waals surface area contributed by atoms with E-state index in [9.17, 15) is 14.7 Å². The molecule has 2 fully saturated rings. The summed E-state index contributed by atoms with van der Waals surface area (Å²) in [5.74, 6) is -0.407. The van der Waals surface area contributed by atoms with Crippen molar-refractivity contribution in [3.8, 4) is 0 Å². The van der Waals surface area contributed by atoms with Gasteiger partial charge >= 0.3 is 5.97 Å². The van der Waals surface area contributed by atoms with Crippen LogP contribution >= 0.6 is 0 Å². The second-order valence-corrected chi connectivity index (χ2v) is 7.47. The number of ketones is 1. The lowest BCUT2D eigenvalue weighted by atomic mass is 9.53. The minimum atomic E-state index is -0.981. The third-order valence-corrected chi connectivity index (χ3v) is 5.64. The molecule has 0 aromatic rings. The summed E-state index contributed by atoms with van der Waals surface area (Å²) in [5, 5.41) is 10.4. The van der Waals surface area contributed by atoms with Gasteiger partial charge in [-0.1, -0.05) is 32.9 Å². The van der Waals surface area contributed by atoms with Gasteiger partial charge in [0.15, 0.2) is 5.78 Å².